The first-order valence-corrected chi connectivity index (χ1v) is 5.27. The molecule has 3 N–H and O–H groups in total. The number of aliphatic hydroxyl groups is 1. The molecule has 18 heavy (non-hydrogen) atoms. The summed E-state index contributed by atoms with van der Waals surface area (Å²) in [7, 11) is 0. The molecule has 7 heteroatoms. The smallest absolute Gasteiger partial charge is 0.336 e. The van der Waals surface area contributed by atoms with Crippen LogP contribution in [-0.4, -0.2) is 33.8 Å². The second-order valence-corrected chi connectivity index (χ2v) is 3.96. The summed E-state index contributed by atoms with van der Waals surface area (Å²) in [6, 6.07) is 2.33. The van der Waals surface area contributed by atoms with Gasteiger partial charge in [-0.2, -0.15) is 0 Å². The van der Waals surface area contributed by atoms with Crippen molar-refractivity contribution >= 4 is 17.3 Å². The Morgan fingerprint density at radius 3 is 2.61 bits per heavy atom. The monoisotopic (exact) mass is 254 g/mol. The number of nitrogens with zero attached hydrogens (tertiary/aromatic N) is 1. The van der Waals surface area contributed by atoms with E-state index >= 15 is 0 Å². The van der Waals surface area contributed by atoms with E-state index in [9.17, 15) is 14.9 Å². The highest BCUT2D eigenvalue weighted by Gasteiger charge is 2.19. The summed E-state index contributed by atoms with van der Waals surface area (Å²) in [6.07, 6.45) is -0.642. The van der Waals surface area contributed by atoms with Crippen LogP contribution in [0.3, 0.4) is 0 Å². The topological polar surface area (TPSA) is 113 Å². The lowest BCUT2D eigenvalue weighted by atomic mass is 10.1. The van der Waals surface area contributed by atoms with E-state index < -0.39 is 17.0 Å². The molecule has 0 amide bonds. The Morgan fingerprint density at radius 1 is 1.56 bits per heavy atom. The van der Waals surface area contributed by atoms with Gasteiger partial charge in [0.2, 0.25) is 0 Å². The van der Waals surface area contributed by atoms with Crippen LogP contribution in [0.2, 0.25) is 0 Å². The van der Waals surface area contributed by atoms with Crippen molar-refractivity contribution in [2.75, 3.05) is 11.9 Å². The minimum absolute atomic E-state index is 0.166. The average molecular weight is 254 g/mol. The zero-order chi connectivity index (χ0) is 13.9. The maximum atomic E-state index is 10.9. The van der Waals surface area contributed by atoms with E-state index in [-0.39, 0.29) is 17.8 Å². The molecule has 0 aliphatic heterocycles. The maximum absolute atomic E-state index is 10.9. The van der Waals surface area contributed by atoms with Crippen molar-refractivity contribution in [1.82, 2.24) is 0 Å². The first kappa shape index (κ1) is 13.9. The summed E-state index contributed by atoms with van der Waals surface area (Å²) in [6.45, 7) is 3.26. The number of hydrogen-bond donors (Lipinski definition) is 3. The highest BCUT2D eigenvalue weighted by atomic mass is 16.6. The number of carboxylic acids is 1. The minimum Gasteiger partial charge on any atom is -0.478 e. The van der Waals surface area contributed by atoms with Gasteiger partial charge in [-0.15, -0.1) is 0 Å². The Hall–Kier alpha value is -2.15. The fourth-order valence-electron chi connectivity index (χ4n) is 1.45. The molecule has 0 saturated carbocycles. The van der Waals surface area contributed by atoms with Crippen molar-refractivity contribution in [3.8, 4) is 0 Å². The lowest BCUT2D eigenvalue weighted by Gasteiger charge is -2.12. The average Bonchev–Trinajstić information content (AvgIpc) is 2.26. The van der Waals surface area contributed by atoms with E-state index in [4.69, 9.17) is 10.2 Å². The number of hydrogen-bond acceptors (Lipinski definition) is 5. The quantitative estimate of drug-likeness (QED) is 0.540. The number of carbonyl (C=O) groups is 1. The molecule has 98 valence electrons. The normalized spacial score (nSPS) is 11.9. The number of anilines is 1. The van der Waals surface area contributed by atoms with Gasteiger partial charge < -0.3 is 15.5 Å². The molecule has 0 fully saturated rings. The molecular weight excluding hydrogens is 240 g/mol. The third-order valence-corrected chi connectivity index (χ3v) is 2.41. The van der Waals surface area contributed by atoms with E-state index in [1.54, 1.807) is 6.92 Å². The van der Waals surface area contributed by atoms with Gasteiger partial charge in [0.25, 0.3) is 5.69 Å². The van der Waals surface area contributed by atoms with Gasteiger partial charge in [0.1, 0.15) is 0 Å². The maximum Gasteiger partial charge on any atom is 0.336 e. The Labute approximate surface area is 103 Å². The minimum atomic E-state index is -1.24. The molecular formula is C11H14N2O5. The Kier molecular flexibility index (Phi) is 4.22. The van der Waals surface area contributed by atoms with Crippen LogP contribution in [-0.2, 0) is 0 Å². The van der Waals surface area contributed by atoms with Gasteiger partial charge in [-0.05, 0) is 19.9 Å². The van der Waals surface area contributed by atoms with Gasteiger partial charge in [0, 0.05) is 23.9 Å². The zero-order valence-corrected chi connectivity index (χ0v) is 10.0. The number of aromatic carboxylic acids is 1. The molecule has 0 aliphatic carbocycles. The predicted molar refractivity (Wildman–Crippen MR) is 65.0 cm³/mol. The van der Waals surface area contributed by atoms with Crippen LogP contribution in [0.25, 0.3) is 0 Å². The summed E-state index contributed by atoms with van der Waals surface area (Å²) in [5.41, 5.74) is 0.247. The molecule has 1 rings (SSSR count). The lowest BCUT2D eigenvalue weighted by Crippen LogP contribution is -2.16. The predicted octanol–water partition coefficient (Wildman–Crippen LogP) is 1.39. The van der Waals surface area contributed by atoms with Crippen molar-refractivity contribution in [3.63, 3.8) is 0 Å². The molecule has 0 radical (unpaired) electrons. The molecule has 1 aromatic rings. The fraction of sp³-hybridized carbons (Fsp3) is 0.364. The Bertz CT molecular complexity index is 485. The molecule has 0 spiro atoms. The van der Waals surface area contributed by atoms with E-state index in [1.165, 1.54) is 13.0 Å². The van der Waals surface area contributed by atoms with Gasteiger partial charge in [-0.25, -0.2) is 4.79 Å². The Morgan fingerprint density at radius 2 is 2.17 bits per heavy atom. The second-order valence-electron chi connectivity index (χ2n) is 3.96. The van der Waals surface area contributed by atoms with Gasteiger partial charge in [0.15, 0.2) is 0 Å². The van der Waals surface area contributed by atoms with Crippen LogP contribution < -0.4 is 5.32 Å². The number of aliphatic hydroxyl groups excluding tert-OH is 1. The van der Waals surface area contributed by atoms with Gasteiger partial charge in [-0.1, -0.05) is 0 Å². The third-order valence-electron chi connectivity index (χ3n) is 2.41. The molecule has 0 aliphatic rings. The number of rotatable bonds is 5. The standard InChI is InChI=1S/C11H14N2O5/c1-6(14)5-12-9-3-8(11(15)16)4-10(7(9)2)13(17)18/h3-4,6,12,14H,5H2,1-2H3,(H,15,16). The molecule has 1 aromatic carbocycles. The fourth-order valence-corrected chi connectivity index (χ4v) is 1.45. The molecule has 1 atom stereocenters. The van der Waals surface area contributed by atoms with Gasteiger partial charge in [0.05, 0.1) is 16.6 Å². The van der Waals surface area contributed by atoms with Crippen molar-refractivity contribution in [2.45, 2.75) is 20.0 Å². The molecule has 0 heterocycles. The zero-order valence-electron chi connectivity index (χ0n) is 10.0. The van der Waals surface area contributed by atoms with E-state index in [2.05, 4.69) is 5.32 Å². The number of nitro benzene ring substituents is 1. The number of nitro groups is 1. The van der Waals surface area contributed by atoms with Gasteiger partial charge in [-0.3, -0.25) is 10.1 Å². The Balaban J connectivity index is 3.22. The van der Waals surface area contributed by atoms with E-state index in [0.29, 0.717) is 11.3 Å². The van der Waals surface area contributed by atoms with Crippen molar-refractivity contribution < 1.29 is 19.9 Å². The van der Waals surface area contributed by atoms with Crippen LogP contribution in [0.5, 0.6) is 0 Å². The van der Waals surface area contributed by atoms with Crippen LogP contribution in [0, 0.1) is 17.0 Å². The lowest BCUT2D eigenvalue weighted by molar-refractivity contribution is -0.385. The third kappa shape index (κ3) is 3.17. The van der Waals surface area contributed by atoms with E-state index in [1.807, 2.05) is 0 Å². The van der Waals surface area contributed by atoms with Crippen molar-refractivity contribution in [3.05, 3.63) is 33.4 Å². The first-order valence-electron chi connectivity index (χ1n) is 5.27. The summed E-state index contributed by atoms with van der Waals surface area (Å²) >= 11 is 0. The van der Waals surface area contributed by atoms with E-state index in [0.717, 1.165) is 6.07 Å². The molecule has 0 aromatic heterocycles. The molecule has 0 bridgehead atoms. The van der Waals surface area contributed by atoms with Gasteiger partial charge >= 0.3 is 5.97 Å². The number of carboxylic acid groups (broad SMARTS) is 1. The molecule has 7 nitrogen and oxygen atoms in total. The summed E-state index contributed by atoms with van der Waals surface area (Å²) < 4.78 is 0. The van der Waals surface area contributed by atoms with Crippen LogP contribution in [0.4, 0.5) is 11.4 Å². The van der Waals surface area contributed by atoms with Crippen molar-refractivity contribution in [1.29, 1.82) is 0 Å². The largest absolute Gasteiger partial charge is 0.478 e. The molecule has 1 unspecified atom stereocenters. The summed E-state index contributed by atoms with van der Waals surface area (Å²) in [5, 5.41) is 31.6. The highest BCUT2D eigenvalue weighted by molar-refractivity contribution is 5.90. The highest BCUT2D eigenvalue weighted by Crippen LogP contribution is 2.27. The summed E-state index contributed by atoms with van der Waals surface area (Å²) in [5.74, 6) is -1.24. The van der Waals surface area contributed by atoms with Crippen molar-refractivity contribution in [2.24, 2.45) is 0 Å². The first-order chi connectivity index (χ1) is 8.32. The summed E-state index contributed by atoms with van der Waals surface area (Å²) in [4.78, 5) is 21.1. The SMILES string of the molecule is Cc1c(NCC(C)O)cc(C(=O)O)cc1[N+](=O)[O-]. The number of benzene rings is 1. The van der Waals surface area contributed by atoms with Crippen LogP contribution in [0.1, 0.15) is 22.8 Å². The van der Waals surface area contributed by atoms with Crippen LogP contribution in [0.15, 0.2) is 12.1 Å². The molecule has 0 saturated heterocycles. The number of nitrogens with one attached hydrogen (secondary N) is 1. The van der Waals surface area contributed by atoms with Crippen LogP contribution >= 0.6 is 0 Å². The second kappa shape index (κ2) is 5.46.